The molecule has 0 spiro atoms. The van der Waals surface area contributed by atoms with Crippen LogP contribution in [0.25, 0.3) is 88.5 Å². The van der Waals surface area contributed by atoms with Gasteiger partial charge in [-0.1, -0.05) is 84.9 Å². The van der Waals surface area contributed by atoms with Crippen molar-refractivity contribution in [3.8, 4) is 63.1 Å². The normalized spacial score (nSPS) is 11.2. The quantitative estimate of drug-likeness (QED) is 0.177. The van der Waals surface area contributed by atoms with Gasteiger partial charge in [0.2, 0.25) is 0 Å². The summed E-state index contributed by atoms with van der Waals surface area (Å²) in [5.74, 6) is 0.747. The number of nitrogens with zero attached hydrogens (tertiary/aromatic N) is 6. The number of para-hydroxylation sites is 2. The fourth-order valence-electron chi connectivity index (χ4n) is 8.07. The van der Waals surface area contributed by atoms with E-state index in [0.717, 1.165) is 88.5 Å². The van der Waals surface area contributed by atoms with Crippen LogP contribution in [0.4, 0.5) is 0 Å². The number of aromatic nitrogens is 3. The Morgan fingerprint density at radius 3 is 1.38 bits per heavy atom. The van der Waals surface area contributed by atoms with Crippen molar-refractivity contribution in [1.29, 1.82) is 15.8 Å². The lowest BCUT2D eigenvalue weighted by Gasteiger charge is -2.17. The molecule has 0 radical (unpaired) electrons. The summed E-state index contributed by atoms with van der Waals surface area (Å²) in [5, 5.41) is 33.4. The molecule has 0 amide bonds. The number of pyridine rings is 1. The molecule has 6 heteroatoms. The lowest BCUT2D eigenvalue weighted by atomic mass is 10.0. The second kappa shape index (κ2) is 13.0. The van der Waals surface area contributed by atoms with Crippen molar-refractivity contribution in [2.75, 3.05) is 0 Å². The SMILES string of the molecule is N#Cc1cccc(-c2ccc3c(c2)c2ccccc2n3-c2cc(-c3cccc(C#N)c3)c(-n3c4ccccc4c4cc(-c5cccc(C#N)c5)ccc43)cn2)c1. The van der Waals surface area contributed by atoms with Crippen molar-refractivity contribution in [2.45, 2.75) is 0 Å². The highest BCUT2D eigenvalue weighted by atomic mass is 15.1. The van der Waals surface area contributed by atoms with Crippen LogP contribution < -0.4 is 0 Å². The van der Waals surface area contributed by atoms with Gasteiger partial charge in [0, 0.05) is 27.1 Å². The van der Waals surface area contributed by atoms with Crippen LogP contribution in [-0.4, -0.2) is 14.1 Å². The summed E-state index contributed by atoms with van der Waals surface area (Å²) < 4.78 is 4.47. The molecule has 56 heavy (non-hydrogen) atoms. The van der Waals surface area contributed by atoms with E-state index in [9.17, 15) is 15.8 Å². The van der Waals surface area contributed by atoms with Crippen molar-refractivity contribution in [3.63, 3.8) is 0 Å². The molecule has 0 atom stereocenters. The van der Waals surface area contributed by atoms with Crippen molar-refractivity contribution in [3.05, 3.63) is 187 Å². The van der Waals surface area contributed by atoms with Gasteiger partial charge in [0.25, 0.3) is 0 Å². The zero-order valence-electron chi connectivity index (χ0n) is 29.8. The highest BCUT2D eigenvalue weighted by molar-refractivity contribution is 6.12. The van der Waals surface area contributed by atoms with Gasteiger partial charge in [-0.15, -0.1) is 0 Å². The molecule has 0 aliphatic heterocycles. The average molecular weight is 713 g/mol. The van der Waals surface area contributed by atoms with E-state index < -0.39 is 0 Å². The van der Waals surface area contributed by atoms with Crippen LogP contribution in [0.15, 0.2) is 170 Å². The van der Waals surface area contributed by atoms with Crippen molar-refractivity contribution in [2.24, 2.45) is 0 Å². The minimum absolute atomic E-state index is 0.572. The largest absolute Gasteiger partial charge is 0.307 e. The van der Waals surface area contributed by atoms with Gasteiger partial charge in [0.15, 0.2) is 0 Å². The predicted octanol–water partition coefficient (Wildman–Crippen LogP) is 11.9. The van der Waals surface area contributed by atoms with E-state index in [1.807, 2.05) is 85.1 Å². The lowest BCUT2D eigenvalue weighted by molar-refractivity contribution is 1.06. The summed E-state index contributed by atoms with van der Waals surface area (Å²) in [6, 6.07) is 61.7. The summed E-state index contributed by atoms with van der Waals surface area (Å²) in [7, 11) is 0. The Morgan fingerprint density at radius 1 is 0.375 bits per heavy atom. The smallest absolute Gasteiger partial charge is 0.138 e. The Kier molecular flexibility index (Phi) is 7.53. The van der Waals surface area contributed by atoms with E-state index in [0.29, 0.717) is 16.7 Å². The van der Waals surface area contributed by atoms with E-state index in [2.05, 4.69) is 112 Å². The molecule has 258 valence electrons. The van der Waals surface area contributed by atoms with Gasteiger partial charge in [-0.2, -0.15) is 15.8 Å². The number of nitriles is 3. The zero-order chi connectivity index (χ0) is 37.8. The second-order valence-corrected chi connectivity index (χ2v) is 13.8. The van der Waals surface area contributed by atoms with Crippen LogP contribution >= 0.6 is 0 Å². The third-order valence-electron chi connectivity index (χ3n) is 10.6. The maximum absolute atomic E-state index is 9.97. The van der Waals surface area contributed by atoms with Gasteiger partial charge in [-0.05, 0) is 107 Å². The Bertz CT molecular complexity index is 3360. The third kappa shape index (κ3) is 5.20. The Labute approximate surface area is 322 Å². The first-order valence-electron chi connectivity index (χ1n) is 18.2. The maximum Gasteiger partial charge on any atom is 0.138 e. The molecule has 0 N–H and O–H groups in total. The van der Waals surface area contributed by atoms with Crippen LogP contribution in [0.5, 0.6) is 0 Å². The highest BCUT2D eigenvalue weighted by Crippen LogP contribution is 2.40. The summed E-state index contributed by atoms with van der Waals surface area (Å²) >= 11 is 0. The highest BCUT2D eigenvalue weighted by Gasteiger charge is 2.20. The van der Waals surface area contributed by atoms with Gasteiger partial charge in [-0.3, -0.25) is 4.57 Å². The fraction of sp³-hybridized carbons (Fsp3) is 0. The molecular weight excluding hydrogens is 685 g/mol. The molecule has 6 nitrogen and oxygen atoms in total. The summed E-state index contributed by atoms with van der Waals surface area (Å²) in [6.45, 7) is 0. The van der Waals surface area contributed by atoms with Gasteiger partial charge in [-0.25, -0.2) is 4.98 Å². The van der Waals surface area contributed by atoms with E-state index in [1.54, 1.807) is 0 Å². The van der Waals surface area contributed by atoms with Gasteiger partial charge < -0.3 is 4.57 Å². The molecule has 3 heterocycles. The van der Waals surface area contributed by atoms with Crippen molar-refractivity contribution < 1.29 is 0 Å². The van der Waals surface area contributed by atoms with Gasteiger partial charge in [0.1, 0.15) is 5.82 Å². The molecule has 3 aromatic heterocycles. The van der Waals surface area contributed by atoms with Crippen LogP contribution in [0.1, 0.15) is 16.7 Å². The van der Waals surface area contributed by atoms with E-state index >= 15 is 0 Å². The number of hydrogen-bond acceptors (Lipinski definition) is 4. The second-order valence-electron chi connectivity index (χ2n) is 13.8. The summed E-state index contributed by atoms with van der Waals surface area (Å²) in [6.07, 6.45) is 1.95. The minimum atomic E-state index is 0.572. The van der Waals surface area contributed by atoms with Crippen molar-refractivity contribution >= 4 is 43.6 Å². The predicted molar refractivity (Wildman–Crippen MR) is 223 cm³/mol. The molecule has 10 aromatic rings. The molecular formula is C50H28N6. The topological polar surface area (TPSA) is 94.1 Å². The van der Waals surface area contributed by atoms with E-state index in [4.69, 9.17) is 4.98 Å². The zero-order valence-corrected chi connectivity index (χ0v) is 29.8. The number of hydrogen-bond donors (Lipinski definition) is 0. The molecule has 0 aliphatic rings. The first kappa shape index (κ1) is 32.4. The molecule has 0 unspecified atom stereocenters. The molecule has 0 aliphatic carbocycles. The lowest BCUT2D eigenvalue weighted by Crippen LogP contribution is -2.03. The van der Waals surface area contributed by atoms with E-state index in [-0.39, 0.29) is 0 Å². The molecule has 0 saturated heterocycles. The number of benzene rings is 7. The van der Waals surface area contributed by atoms with Gasteiger partial charge in [0.05, 0.1) is 68.8 Å². The third-order valence-corrected chi connectivity index (χ3v) is 10.6. The first-order valence-corrected chi connectivity index (χ1v) is 18.2. The first-order chi connectivity index (χ1) is 27.6. The number of rotatable bonds is 5. The average Bonchev–Trinajstić information content (AvgIpc) is 3.78. The van der Waals surface area contributed by atoms with Gasteiger partial charge >= 0.3 is 0 Å². The Hall–Kier alpha value is -8.24. The summed E-state index contributed by atoms with van der Waals surface area (Å²) in [4.78, 5) is 5.22. The van der Waals surface area contributed by atoms with Crippen molar-refractivity contribution in [1.82, 2.24) is 14.1 Å². The maximum atomic E-state index is 9.97. The van der Waals surface area contributed by atoms with Crippen LogP contribution in [0, 0.1) is 34.0 Å². The molecule has 10 rings (SSSR count). The van der Waals surface area contributed by atoms with E-state index in [1.165, 1.54) is 0 Å². The standard InChI is InChI=1S/C50H28N6/c51-28-32-8-5-11-35(22-32)37-18-20-47-43(25-37)40-14-1-3-16-45(40)55(47)49-31-54-50(27-42(49)39-13-7-10-34(24-39)30-53)56-46-17-4-2-15-41(46)44-26-38(19-21-48(44)56)36-12-6-9-33(23-36)29-52/h1-27,31H. The molecule has 0 saturated carbocycles. The molecule has 0 fully saturated rings. The Morgan fingerprint density at radius 2 is 0.821 bits per heavy atom. The van der Waals surface area contributed by atoms with Crippen LogP contribution in [0.2, 0.25) is 0 Å². The fourth-order valence-corrected chi connectivity index (χ4v) is 8.07. The Balaban J connectivity index is 1.22. The minimum Gasteiger partial charge on any atom is -0.307 e. The van der Waals surface area contributed by atoms with Crippen LogP contribution in [-0.2, 0) is 0 Å². The number of fused-ring (bicyclic) bond motifs is 6. The van der Waals surface area contributed by atoms with Crippen LogP contribution in [0.3, 0.4) is 0 Å². The molecule has 0 bridgehead atoms. The molecule has 7 aromatic carbocycles. The monoisotopic (exact) mass is 712 g/mol. The summed E-state index contributed by atoms with van der Waals surface area (Å²) in [5.41, 5.74) is 12.6.